The van der Waals surface area contributed by atoms with Gasteiger partial charge in [0.2, 0.25) is 5.91 Å². The van der Waals surface area contributed by atoms with E-state index in [1.165, 1.54) is 11.8 Å². The fourth-order valence-electron chi connectivity index (χ4n) is 1.93. The summed E-state index contributed by atoms with van der Waals surface area (Å²) in [5, 5.41) is 15.2. The van der Waals surface area contributed by atoms with E-state index in [-0.39, 0.29) is 5.91 Å². The van der Waals surface area contributed by atoms with E-state index >= 15 is 0 Å². The first-order chi connectivity index (χ1) is 11.5. The maximum Gasteiger partial charge on any atom is 0.341 e. The molecule has 7 nitrogen and oxygen atoms in total. The van der Waals surface area contributed by atoms with Crippen molar-refractivity contribution < 1.29 is 24.0 Å². The molecule has 0 unspecified atom stereocenters. The van der Waals surface area contributed by atoms with Crippen molar-refractivity contribution >= 4 is 29.3 Å². The van der Waals surface area contributed by atoms with Crippen LogP contribution >= 0.6 is 11.8 Å². The second-order valence-electron chi connectivity index (χ2n) is 5.05. The number of carbonyl (C=O) groups is 2. The number of hydrogen-bond acceptors (Lipinski definition) is 6. The van der Waals surface area contributed by atoms with Crippen molar-refractivity contribution in [1.29, 1.82) is 0 Å². The number of thioether (sulfide) groups is 1. The van der Waals surface area contributed by atoms with Crippen molar-refractivity contribution in [3.8, 4) is 5.75 Å². The van der Waals surface area contributed by atoms with Gasteiger partial charge in [0.1, 0.15) is 11.5 Å². The fraction of sp³-hybridized carbons (Fsp3) is 0.312. The Balaban J connectivity index is 1.77. The Morgan fingerprint density at radius 2 is 2.00 bits per heavy atom. The van der Waals surface area contributed by atoms with Crippen molar-refractivity contribution in [3.63, 3.8) is 0 Å². The molecule has 128 valence electrons. The molecule has 0 spiro atoms. The van der Waals surface area contributed by atoms with Crippen LogP contribution in [0.1, 0.15) is 17.0 Å². The number of anilines is 1. The van der Waals surface area contributed by atoms with Gasteiger partial charge in [-0.2, -0.15) is 0 Å². The Bertz CT molecular complexity index is 692. The van der Waals surface area contributed by atoms with Gasteiger partial charge in [-0.1, -0.05) is 5.16 Å². The summed E-state index contributed by atoms with van der Waals surface area (Å²) in [6.45, 7) is 3.33. The molecular weight excluding hydrogens is 332 g/mol. The quantitative estimate of drug-likeness (QED) is 0.754. The minimum atomic E-state index is -1.04. The first-order valence-electron chi connectivity index (χ1n) is 7.19. The van der Waals surface area contributed by atoms with Crippen molar-refractivity contribution in [3.05, 3.63) is 41.3 Å². The van der Waals surface area contributed by atoms with Gasteiger partial charge < -0.3 is 19.7 Å². The fourth-order valence-corrected chi connectivity index (χ4v) is 2.91. The average molecular weight is 350 g/mol. The topological polar surface area (TPSA) is 102 Å². The molecule has 0 aliphatic carbocycles. The lowest BCUT2D eigenvalue weighted by atomic mass is 10.2. The summed E-state index contributed by atoms with van der Waals surface area (Å²) in [6, 6.07) is 6.53. The van der Waals surface area contributed by atoms with E-state index in [1.54, 1.807) is 24.3 Å². The predicted octanol–water partition coefficient (Wildman–Crippen LogP) is 2.63. The van der Waals surface area contributed by atoms with Gasteiger partial charge in [0.15, 0.2) is 6.61 Å². The summed E-state index contributed by atoms with van der Waals surface area (Å²) in [5.41, 5.74) is 2.49. The molecule has 0 saturated heterocycles. The number of nitrogens with one attached hydrogen (secondary N) is 1. The Labute approximate surface area is 143 Å². The van der Waals surface area contributed by atoms with E-state index in [0.717, 1.165) is 17.0 Å². The van der Waals surface area contributed by atoms with E-state index in [2.05, 4.69) is 10.5 Å². The van der Waals surface area contributed by atoms with Crippen LogP contribution in [0.25, 0.3) is 0 Å². The highest BCUT2D eigenvalue weighted by Gasteiger charge is 2.10. The molecule has 1 heterocycles. The molecule has 2 N–H and O–H groups in total. The molecular formula is C16H18N2O5S. The van der Waals surface area contributed by atoms with E-state index in [4.69, 9.17) is 14.4 Å². The van der Waals surface area contributed by atoms with Crippen LogP contribution in [-0.2, 0) is 15.3 Å². The summed E-state index contributed by atoms with van der Waals surface area (Å²) in [5.74, 6) is 1.02. The lowest BCUT2D eigenvalue weighted by Gasteiger charge is -2.07. The Hall–Kier alpha value is -2.48. The molecule has 1 aromatic heterocycles. The van der Waals surface area contributed by atoms with E-state index < -0.39 is 12.6 Å². The van der Waals surface area contributed by atoms with Crippen LogP contribution in [0.5, 0.6) is 5.75 Å². The average Bonchev–Trinajstić information content (AvgIpc) is 2.86. The maximum absolute atomic E-state index is 11.9. The molecule has 1 amide bonds. The number of nitrogens with zero attached hydrogens (tertiary/aromatic N) is 1. The summed E-state index contributed by atoms with van der Waals surface area (Å²) >= 11 is 1.48. The van der Waals surface area contributed by atoms with Crippen molar-refractivity contribution in [2.24, 2.45) is 0 Å². The van der Waals surface area contributed by atoms with E-state index in [9.17, 15) is 9.59 Å². The minimum Gasteiger partial charge on any atom is -0.482 e. The number of aliphatic carboxylic acids is 1. The van der Waals surface area contributed by atoms with Gasteiger partial charge in [-0.05, 0) is 38.1 Å². The zero-order valence-electron chi connectivity index (χ0n) is 13.4. The highest BCUT2D eigenvalue weighted by Crippen LogP contribution is 2.20. The normalized spacial score (nSPS) is 10.4. The van der Waals surface area contributed by atoms with Gasteiger partial charge in [0.25, 0.3) is 0 Å². The van der Waals surface area contributed by atoms with E-state index in [1.807, 2.05) is 13.8 Å². The highest BCUT2D eigenvalue weighted by atomic mass is 32.2. The Kier molecular flexibility index (Phi) is 6.25. The minimum absolute atomic E-state index is 0.119. The first-order valence-corrected chi connectivity index (χ1v) is 8.35. The molecule has 0 atom stereocenters. The molecule has 0 saturated carbocycles. The number of amides is 1. The van der Waals surface area contributed by atoms with Crippen LogP contribution in [-0.4, -0.2) is 34.5 Å². The zero-order valence-corrected chi connectivity index (χ0v) is 14.2. The molecule has 0 fully saturated rings. The predicted molar refractivity (Wildman–Crippen MR) is 90.3 cm³/mol. The molecule has 0 radical (unpaired) electrons. The molecule has 0 aliphatic heterocycles. The third kappa shape index (κ3) is 5.31. The van der Waals surface area contributed by atoms with Gasteiger partial charge in [0, 0.05) is 17.0 Å². The third-order valence-electron chi connectivity index (χ3n) is 3.16. The molecule has 1 aromatic carbocycles. The summed E-state index contributed by atoms with van der Waals surface area (Å²) in [4.78, 5) is 22.3. The maximum atomic E-state index is 11.9. The lowest BCUT2D eigenvalue weighted by Crippen LogP contribution is -2.14. The number of aromatic nitrogens is 1. The Morgan fingerprint density at radius 1 is 1.29 bits per heavy atom. The number of aryl methyl sites for hydroxylation is 2. The largest absolute Gasteiger partial charge is 0.482 e. The van der Waals surface area contributed by atoms with Crippen LogP contribution in [0.15, 0.2) is 28.8 Å². The number of carboxylic acids is 1. The van der Waals surface area contributed by atoms with Crippen LogP contribution in [0.2, 0.25) is 0 Å². The SMILES string of the molecule is Cc1noc(C)c1CSCC(=O)Nc1ccc(OCC(=O)O)cc1. The number of hydrogen-bond donors (Lipinski definition) is 2. The van der Waals surface area contributed by atoms with Crippen LogP contribution in [0.3, 0.4) is 0 Å². The summed E-state index contributed by atoms with van der Waals surface area (Å²) in [6.07, 6.45) is 0. The molecule has 0 aliphatic rings. The number of rotatable bonds is 8. The number of ether oxygens (including phenoxy) is 1. The third-order valence-corrected chi connectivity index (χ3v) is 4.12. The second-order valence-corrected chi connectivity index (χ2v) is 6.04. The molecule has 8 heteroatoms. The smallest absolute Gasteiger partial charge is 0.341 e. The Morgan fingerprint density at radius 3 is 2.58 bits per heavy atom. The van der Waals surface area contributed by atoms with Crippen LogP contribution in [0.4, 0.5) is 5.69 Å². The number of carboxylic acid groups (broad SMARTS) is 1. The van der Waals surface area contributed by atoms with Gasteiger partial charge in [-0.3, -0.25) is 4.79 Å². The van der Waals surface area contributed by atoms with Crippen LogP contribution in [0, 0.1) is 13.8 Å². The van der Waals surface area contributed by atoms with Crippen LogP contribution < -0.4 is 10.1 Å². The van der Waals surface area contributed by atoms with Gasteiger partial charge >= 0.3 is 5.97 Å². The molecule has 0 bridgehead atoms. The second kappa shape index (κ2) is 8.39. The summed E-state index contributed by atoms with van der Waals surface area (Å²) < 4.78 is 10.1. The first kappa shape index (κ1) is 17.9. The standard InChI is InChI=1S/C16H18N2O5S/c1-10-14(11(2)23-18-10)8-24-9-15(19)17-12-3-5-13(6-4-12)22-7-16(20)21/h3-6H,7-9H2,1-2H3,(H,17,19)(H,20,21). The summed E-state index contributed by atoms with van der Waals surface area (Å²) in [7, 11) is 0. The number of benzene rings is 1. The lowest BCUT2D eigenvalue weighted by molar-refractivity contribution is -0.139. The number of carbonyl (C=O) groups excluding carboxylic acids is 1. The molecule has 2 aromatic rings. The van der Waals surface area contributed by atoms with Gasteiger partial charge in [-0.25, -0.2) is 4.79 Å². The van der Waals surface area contributed by atoms with Gasteiger partial charge in [0.05, 0.1) is 11.4 Å². The zero-order chi connectivity index (χ0) is 17.5. The van der Waals surface area contributed by atoms with E-state index in [0.29, 0.717) is 22.9 Å². The van der Waals surface area contributed by atoms with Gasteiger partial charge in [-0.15, -0.1) is 11.8 Å². The van der Waals surface area contributed by atoms with Crippen molar-refractivity contribution in [1.82, 2.24) is 5.16 Å². The van der Waals surface area contributed by atoms with Crippen molar-refractivity contribution in [2.75, 3.05) is 17.7 Å². The van der Waals surface area contributed by atoms with Crippen molar-refractivity contribution in [2.45, 2.75) is 19.6 Å². The highest BCUT2D eigenvalue weighted by molar-refractivity contribution is 7.99. The monoisotopic (exact) mass is 350 g/mol. The molecule has 2 rings (SSSR count). The molecule has 24 heavy (non-hydrogen) atoms.